The van der Waals surface area contributed by atoms with Crippen molar-refractivity contribution in [1.29, 1.82) is 0 Å². The molecule has 3 heteroatoms. The number of carbonyl (C=O) groups is 1. The van der Waals surface area contributed by atoms with Crippen LogP contribution in [-0.4, -0.2) is 12.5 Å². The Balaban J connectivity index is 2.59. The van der Waals surface area contributed by atoms with E-state index >= 15 is 0 Å². The minimum atomic E-state index is -0.475. The maximum absolute atomic E-state index is 10.8. The largest absolute Gasteiger partial charge is 0.457 e. The molecule has 0 aliphatic heterocycles. The Kier molecular flexibility index (Phi) is 3.46. The lowest BCUT2D eigenvalue weighted by Crippen LogP contribution is -2.18. The summed E-state index contributed by atoms with van der Waals surface area (Å²) in [7, 11) is 0. The van der Waals surface area contributed by atoms with Crippen molar-refractivity contribution in [1.82, 2.24) is 0 Å². The Morgan fingerprint density at radius 1 is 1.46 bits per heavy atom. The average molecular weight is 178 g/mol. The summed E-state index contributed by atoms with van der Waals surface area (Å²) in [6, 6.07) is 9.32. The van der Waals surface area contributed by atoms with Crippen molar-refractivity contribution in [2.45, 2.75) is 6.10 Å². The minimum absolute atomic E-state index is 0.112. The smallest absolute Gasteiger partial charge is 0.320 e. The molecule has 0 heterocycles. The van der Waals surface area contributed by atoms with Crippen molar-refractivity contribution in [2.75, 3.05) is 6.54 Å². The summed E-state index contributed by atoms with van der Waals surface area (Å²) >= 11 is 0. The van der Waals surface area contributed by atoms with Crippen LogP contribution in [0.1, 0.15) is 11.7 Å². The number of nitrogens with two attached hydrogens (primary N) is 1. The fraction of sp³-hybridized carbons (Fsp3) is 0.200. The van der Waals surface area contributed by atoms with Crippen molar-refractivity contribution >= 4 is 5.97 Å². The SMILES string of the molecule is [CH2][C@H](OC(=O)CN)c1ccccc1. The summed E-state index contributed by atoms with van der Waals surface area (Å²) in [6.45, 7) is 3.59. The zero-order valence-electron chi connectivity index (χ0n) is 7.27. The monoisotopic (exact) mass is 178 g/mol. The van der Waals surface area contributed by atoms with E-state index in [2.05, 4.69) is 6.92 Å². The molecule has 1 rings (SSSR count). The number of hydrogen-bond acceptors (Lipinski definition) is 3. The topological polar surface area (TPSA) is 52.3 Å². The number of ether oxygens (including phenoxy) is 1. The van der Waals surface area contributed by atoms with Crippen LogP contribution in [0, 0.1) is 6.92 Å². The molecule has 0 bridgehead atoms. The third-order valence-corrected chi connectivity index (χ3v) is 1.61. The molecule has 0 saturated carbocycles. The van der Waals surface area contributed by atoms with Crippen molar-refractivity contribution in [3.05, 3.63) is 42.8 Å². The fourth-order valence-electron chi connectivity index (χ4n) is 0.943. The molecule has 3 nitrogen and oxygen atoms in total. The van der Waals surface area contributed by atoms with Gasteiger partial charge in [-0.1, -0.05) is 30.3 Å². The standard InChI is InChI=1S/C10H12NO2/c1-8(13-10(12)7-11)9-5-3-2-4-6-9/h2-6,8H,1,7,11H2/t8-/m0/s1. The molecular weight excluding hydrogens is 166 g/mol. The van der Waals surface area contributed by atoms with E-state index in [9.17, 15) is 4.79 Å². The molecular formula is C10H12NO2. The Morgan fingerprint density at radius 2 is 2.08 bits per heavy atom. The van der Waals surface area contributed by atoms with Crippen LogP contribution in [-0.2, 0) is 9.53 Å². The molecule has 1 atom stereocenters. The molecule has 2 N–H and O–H groups in total. The van der Waals surface area contributed by atoms with E-state index in [0.717, 1.165) is 5.56 Å². The molecule has 0 amide bonds. The lowest BCUT2D eigenvalue weighted by molar-refractivity contribution is -0.145. The molecule has 0 unspecified atom stereocenters. The molecule has 0 aliphatic rings. The second-order valence-corrected chi connectivity index (χ2v) is 2.59. The molecule has 1 radical (unpaired) electrons. The number of benzene rings is 1. The van der Waals surface area contributed by atoms with E-state index in [0.29, 0.717) is 0 Å². The Labute approximate surface area is 77.5 Å². The van der Waals surface area contributed by atoms with Crippen LogP contribution in [0.15, 0.2) is 30.3 Å². The van der Waals surface area contributed by atoms with Crippen molar-refractivity contribution in [3.8, 4) is 0 Å². The normalized spacial score (nSPS) is 12.2. The van der Waals surface area contributed by atoms with Gasteiger partial charge in [0.2, 0.25) is 0 Å². The Morgan fingerprint density at radius 3 is 2.62 bits per heavy atom. The number of carbonyl (C=O) groups excluding carboxylic acids is 1. The highest BCUT2D eigenvalue weighted by atomic mass is 16.5. The Hall–Kier alpha value is -1.35. The van der Waals surface area contributed by atoms with E-state index in [1.807, 2.05) is 30.3 Å². The van der Waals surface area contributed by atoms with Crippen LogP contribution in [0.25, 0.3) is 0 Å². The highest BCUT2D eigenvalue weighted by Crippen LogP contribution is 2.14. The molecule has 0 fully saturated rings. The summed E-state index contributed by atoms with van der Waals surface area (Å²) in [5.74, 6) is -0.441. The average Bonchev–Trinajstić information content (AvgIpc) is 2.19. The summed E-state index contributed by atoms with van der Waals surface area (Å²) < 4.78 is 4.91. The quantitative estimate of drug-likeness (QED) is 0.704. The Bertz CT molecular complexity index is 272. The number of rotatable bonds is 3. The van der Waals surface area contributed by atoms with Crippen LogP contribution in [0.5, 0.6) is 0 Å². The first-order chi connectivity index (χ1) is 6.24. The van der Waals surface area contributed by atoms with Gasteiger partial charge in [0.1, 0.15) is 6.10 Å². The second kappa shape index (κ2) is 4.62. The van der Waals surface area contributed by atoms with E-state index in [-0.39, 0.29) is 6.54 Å². The molecule has 1 aromatic rings. The summed E-state index contributed by atoms with van der Waals surface area (Å²) in [5, 5.41) is 0. The van der Waals surface area contributed by atoms with Crippen molar-refractivity contribution < 1.29 is 9.53 Å². The first kappa shape index (κ1) is 9.74. The van der Waals surface area contributed by atoms with Gasteiger partial charge in [-0.2, -0.15) is 0 Å². The van der Waals surface area contributed by atoms with Gasteiger partial charge in [0.05, 0.1) is 6.54 Å². The van der Waals surface area contributed by atoms with Gasteiger partial charge in [0.25, 0.3) is 0 Å². The molecule has 0 saturated heterocycles. The van der Waals surface area contributed by atoms with Crippen LogP contribution in [0.4, 0.5) is 0 Å². The number of hydrogen-bond donors (Lipinski definition) is 1. The van der Waals surface area contributed by atoms with Crippen LogP contribution in [0.3, 0.4) is 0 Å². The second-order valence-electron chi connectivity index (χ2n) is 2.59. The van der Waals surface area contributed by atoms with E-state index in [1.165, 1.54) is 0 Å². The van der Waals surface area contributed by atoms with Crippen LogP contribution in [0.2, 0.25) is 0 Å². The summed E-state index contributed by atoms with van der Waals surface area (Å²) in [5.41, 5.74) is 5.96. The maximum atomic E-state index is 10.8. The predicted octanol–water partition coefficient (Wildman–Crippen LogP) is 1.06. The highest BCUT2D eigenvalue weighted by molar-refractivity contribution is 5.71. The fourth-order valence-corrected chi connectivity index (χ4v) is 0.943. The van der Waals surface area contributed by atoms with Crippen LogP contribution < -0.4 is 5.73 Å². The third kappa shape index (κ3) is 2.87. The maximum Gasteiger partial charge on any atom is 0.320 e. The molecule has 0 aromatic heterocycles. The van der Waals surface area contributed by atoms with E-state index in [1.54, 1.807) is 0 Å². The van der Waals surface area contributed by atoms with E-state index in [4.69, 9.17) is 10.5 Å². The van der Waals surface area contributed by atoms with Gasteiger partial charge < -0.3 is 10.5 Å². The molecule has 0 aliphatic carbocycles. The van der Waals surface area contributed by atoms with Crippen molar-refractivity contribution in [3.63, 3.8) is 0 Å². The first-order valence-corrected chi connectivity index (χ1v) is 4.01. The molecule has 0 spiro atoms. The van der Waals surface area contributed by atoms with E-state index < -0.39 is 12.1 Å². The van der Waals surface area contributed by atoms with Gasteiger partial charge in [-0.3, -0.25) is 4.79 Å². The lowest BCUT2D eigenvalue weighted by atomic mass is 10.1. The lowest BCUT2D eigenvalue weighted by Gasteiger charge is -2.12. The van der Waals surface area contributed by atoms with Gasteiger partial charge in [-0.25, -0.2) is 0 Å². The zero-order chi connectivity index (χ0) is 9.68. The number of esters is 1. The van der Waals surface area contributed by atoms with Gasteiger partial charge in [-0.15, -0.1) is 0 Å². The van der Waals surface area contributed by atoms with Gasteiger partial charge in [0, 0.05) is 0 Å². The molecule has 1 aromatic carbocycles. The summed E-state index contributed by atoms with van der Waals surface area (Å²) in [6.07, 6.45) is -0.475. The minimum Gasteiger partial charge on any atom is -0.457 e. The highest BCUT2D eigenvalue weighted by Gasteiger charge is 2.08. The van der Waals surface area contributed by atoms with Gasteiger partial charge in [0.15, 0.2) is 0 Å². The third-order valence-electron chi connectivity index (χ3n) is 1.61. The van der Waals surface area contributed by atoms with Gasteiger partial charge >= 0.3 is 5.97 Å². The summed E-state index contributed by atoms with van der Waals surface area (Å²) in [4.78, 5) is 10.8. The van der Waals surface area contributed by atoms with Crippen molar-refractivity contribution in [2.24, 2.45) is 5.73 Å². The molecule has 13 heavy (non-hydrogen) atoms. The predicted molar refractivity (Wildman–Crippen MR) is 49.7 cm³/mol. The van der Waals surface area contributed by atoms with Crippen LogP contribution >= 0.6 is 0 Å². The van der Waals surface area contributed by atoms with Gasteiger partial charge in [-0.05, 0) is 12.5 Å². The first-order valence-electron chi connectivity index (χ1n) is 4.01. The zero-order valence-corrected chi connectivity index (χ0v) is 7.27. The molecule has 69 valence electrons.